The number of carbonyl (C=O) groups is 1. The Kier molecular flexibility index (Phi) is 16.0. The molecule has 0 bridgehead atoms. The van der Waals surface area contributed by atoms with Crippen molar-refractivity contribution in [3.05, 3.63) is 0 Å². The molecule has 0 aromatic heterocycles. The molecular formula is C16H35O2P. The van der Waals surface area contributed by atoms with Gasteiger partial charge in [-0.2, -0.15) is 0 Å². The average molecular weight is 290 g/mol. The molecule has 2 nitrogen and oxygen atoms in total. The highest BCUT2D eigenvalue weighted by Gasteiger charge is 2.22. The molecule has 0 radical (unpaired) electrons. The van der Waals surface area contributed by atoms with Crippen LogP contribution in [0.15, 0.2) is 0 Å². The van der Waals surface area contributed by atoms with Gasteiger partial charge in [-0.05, 0) is 24.4 Å². The molecule has 1 unspecified atom stereocenters. The summed E-state index contributed by atoms with van der Waals surface area (Å²) in [6, 6.07) is 0. The van der Waals surface area contributed by atoms with Crippen molar-refractivity contribution >= 4 is 15.2 Å². The Balaban J connectivity index is 0. The summed E-state index contributed by atoms with van der Waals surface area (Å²) in [5.41, 5.74) is 0. The number of hydrogen-bond acceptors (Lipinski definition) is 1. The van der Waals surface area contributed by atoms with Crippen LogP contribution in [0, 0.1) is 0 Å². The van der Waals surface area contributed by atoms with Crippen molar-refractivity contribution in [3.8, 4) is 0 Å². The Morgan fingerprint density at radius 2 is 1.16 bits per heavy atom. The first-order valence-corrected chi connectivity index (χ1v) is 8.54. The first kappa shape index (κ1) is 21.2. The van der Waals surface area contributed by atoms with Gasteiger partial charge in [-0.25, -0.2) is 0 Å². The molecular weight excluding hydrogens is 255 g/mol. The summed E-state index contributed by atoms with van der Waals surface area (Å²) in [5, 5.41) is 8.29. The van der Waals surface area contributed by atoms with Gasteiger partial charge in [0.05, 0.1) is 0 Å². The second-order valence-electron chi connectivity index (χ2n) is 5.42. The lowest BCUT2D eigenvalue weighted by atomic mass is 9.90. The molecule has 0 spiro atoms. The topological polar surface area (TPSA) is 37.3 Å². The first-order valence-electron chi connectivity index (χ1n) is 7.96. The first-order chi connectivity index (χ1) is 8.95. The average Bonchev–Trinajstić information content (AvgIpc) is 2.41. The number of unbranched alkanes of at least 4 members (excludes halogenated alkanes) is 3. The van der Waals surface area contributed by atoms with E-state index in [2.05, 4.69) is 30.0 Å². The van der Waals surface area contributed by atoms with Crippen LogP contribution in [0.25, 0.3) is 0 Å². The van der Waals surface area contributed by atoms with Gasteiger partial charge in [-0.1, -0.05) is 66.2 Å². The molecule has 0 aliphatic rings. The molecule has 0 aromatic carbocycles. The zero-order valence-corrected chi connectivity index (χ0v) is 14.7. The van der Waals surface area contributed by atoms with Crippen LogP contribution in [0.1, 0.15) is 91.9 Å². The van der Waals surface area contributed by atoms with E-state index in [1.54, 1.807) is 6.92 Å². The van der Waals surface area contributed by atoms with Crippen molar-refractivity contribution in [1.82, 2.24) is 0 Å². The Hall–Kier alpha value is -0.100. The quantitative estimate of drug-likeness (QED) is 0.528. The van der Waals surface area contributed by atoms with Gasteiger partial charge in [0.1, 0.15) is 0 Å². The van der Waals surface area contributed by atoms with Gasteiger partial charge in [-0.15, -0.1) is 9.24 Å². The third-order valence-electron chi connectivity index (χ3n) is 3.39. The predicted octanol–water partition coefficient (Wildman–Crippen LogP) is 5.65. The van der Waals surface area contributed by atoms with E-state index in [0.29, 0.717) is 5.16 Å². The molecule has 116 valence electrons. The summed E-state index contributed by atoms with van der Waals surface area (Å²) in [6.45, 7) is 8.49. The Bertz CT molecular complexity index is 183. The van der Waals surface area contributed by atoms with E-state index >= 15 is 0 Å². The standard InChI is InChI=1S/C13H29P.C3H6O2/c1-4-7-10-13(14,11-8-5-2)12-9-6-3;1-2-3(4)5/h4-12,14H2,1-3H3;2H2,1H3,(H,4,5). The van der Waals surface area contributed by atoms with Gasteiger partial charge >= 0.3 is 5.97 Å². The molecule has 0 fully saturated rings. The third kappa shape index (κ3) is 15.8. The molecule has 3 heteroatoms. The van der Waals surface area contributed by atoms with Crippen molar-refractivity contribution in [1.29, 1.82) is 0 Å². The minimum atomic E-state index is -0.745. The number of hydrogen-bond donors (Lipinski definition) is 1. The molecule has 0 heterocycles. The highest BCUT2D eigenvalue weighted by atomic mass is 31.0. The van der Waals surface area contributed by atoms with Crippen LogP contribution < -0.4 is 0 Å². The molecule has 0 aliphatic heterocycles. The normalized spacial score (nSPS) is 10.8. The van der Waals surface area contributed by atoms with Gasteiger partial charge in [-0.3, -0.25) is 4.79 Å². The molecule has 19 heavy (non-hydrogen) atoms. The predicted molar refractivity (Wildman–Crippen MR) is 88.9 cm³/mol. The Morgan fingerprint density at radius 3 is 1.32 bits per heavy atom. The van der Waals surface area contributed by atoms with Crippen molar-refractivity contribution in [2.45, 2.75) is 97.1 Å². The lowest BCUT2D eigenvalue weighted by Crippen LogP contribution is -2.20. The maximum absolute atomic E-state index is 9.37. The zero-order chi connectivity index (χ0) is 15.1. The molecule has 0 aliphatic carbocycles. The maximum Gasteiger partial charge on any atom is 0.303 e. The molecule has 1 N–H and O–H groups in total. The van der Waals surface area contributed by atoms with Crippen LogP contribution in [0.4, 0.5) is 0 Å². The van der Waals surface area contributed by atoms with Crippen molar-refractivity contribution in [2.24, 2.45) is 0 Å². The Morgan fingerprint density at radius 1 is 0.895 bits per heavy atom. The minimum absolute atomic E-state index is 0.222. The van der Waals surface area contributed by atoms with E-state index in [1.807, 2.05) is 0 Å². The SMILES string of the molecule is CCC(=O)O.CCCCC(P)(CCCC)CCCC. The summed E-state index contributed by atoms with van der Waals surface area (Å²) in [4.78, 5) is 9.37. The fraction of sp³-hybridized carbons (Fsp3) is 0.938. The summed E-state index contributed by atoms with van der Waals surface area (Å²) in [5.74, 6) is -0.745. The van der Waals surface area contributed by atoms with Crippen LogP contribution in [-0.2, 0) is 4.79 Å². The van der Waals surface area contributed by atoms with Crippen LogP contribution in [0.5, 0.6) is 0 Å². The number of carboxylic acids is 1. The van der Waals surface area contributed by atoms with Crippen LogP contribution in [0.3, 0.4) is 0 Å². The van der Waals surface area contributed by atoms with Crippen molar-refractivity contribution in [3.63, 3.8) is 0 Å². The number of rotatable bonds is 10. The Labute approximate surface area is 123 Å². The van der Waals surface area contributed by atoms with Crippen LogP contribution in [0.2, 0.25) is 0 Å². The van der Waals surface area contributed by atoms with Gasteiger partial charge in [0, 0.05) is 6.42 Å². The van der Waals surface area contributed by atoms with Crippen LogP contribution in [-0.4, -0.2) is 16.2 Å². The summed E-state index contributed by atoms with van der Waals surface area (Å²) >= 11 is 0. The fourth-order valence-corrected chi connectivity index (χ4v) is 2.57. The second kappa shape index (κ2) is 14.3. The molecule has 0 saturated carbocycles. The summed E-state index contributed by atoms with van der Waals surface area (Å²) in [7, 11) is 3.17. The second-order valence-corrected chi connectivity index (χ2v) is 6.65. The number of aliphatic carboxylic acids is 1. The molecule has 1 atom stereocenters. The van der Waals surface area contributed by atoms with Gasteiger partial charge < -0.3 is 5.11 Å². The lowest BCUT2D eigenvalue weighted by Gasteiger charge is -2.29. The van der Waals surface area contributed by atoms with E-state index in [4.69, 9.17) is 5.11 Å². The monoisotopic (exact) mass is 290 g/mol. The molecule has 0 aromatic rings. The zero-order valence-electron chi connectivity index (χ0n) is 13.5. The number of carboxylic acid groups (broad SMARTS) is 1. The smallest absolute Gasteiger partial charge is 0.303 e. The van der Waals surface area contributed by atoms with E-state index in [-0.39, 0.29) is 6.42 Å². The lowest BCUT2D eigenvalue weighted by molar-refractivity contribution is -0.136. The van der Waals surface area contributed by atoms with Gasteiger partial charge in [0.25, 0.3) is 0 Å². The van der Waals surface area contributed by atoms with Crippen molar-refractivity contribution < 1.29 is 9.90 Å². The highest BCUT2D eigenvalue weighted by Crippen LogP contribution is 2.36. The minimum Gasteiger partial charge on any atom is -0.481 e. The largest absolute Gasteiger partial charge is 0.481 e. The third-order valence-corrected chi connectivity index (χ3v) is 4.25. The van der Waals surface area contributed by atoms with E-state index in [1.165, 1.54) is 57.8 Å². The summed E-state index contributed by atoms with van der Waals surface area (Å²) < 4.78 is 0. The molecule has 0 amide bonds. The van der Waals surface area contributed by atoms with Gasteiger partial charge in [0.2, 0.25) is 0 Å². The van der Waals surface area contributed by atoms with Gasteiger partial charge in [0.15, 0.2) is 0 Å². The van der Waals surface area contributed by atoms with E-state index < -0.39 is 5.97 Å². The van der Waals surface area contributed by atoms with Crippen molar-refractivity contribution in [2.75, 3.05) is 0 Å². The molecule has 0 saturated heterocycles. The fourth-order valence-electron chi connectivity index (χ4n) is 1.96. The van der Waals surface area contributed by atoms with E-state index in [0.717, 1.165) is 0 Å². The molecule has 0 rings (SSSR count). The summed E-state index contributed by atoms with van der Waals surface area (Å²) in [6.07, 6.45) is 12.7. The highest BCUT2D eigenvalue weighted by molar-refractivity contribution is 7.19. The van der Waals surface area contributed by atoms with E-state index in [9.17, 15) is 4.79 Å². The van der Waals surface area contributed by atoms with Crippen LogP contribution >= 0.6 is 9.24 Å². The maximum atomic E-state index is 9.37.